The molecule has 0 radical (unpaired) electrons. The van der Waals surface area contributed by atoms with Crippen molar-refractivity contribution in [2.24, 2.45) is 0 Å². The third kappa shape index (κ3) is 2.86. The average Bonchev–Trinajstić information content (AvgIpc) is 3.08. The van der Waals surface area contributed by atoms with Crippen LogP contribution in [0.3, 0.4) is 0 Å². The minimum absolute atomic E-state index is 0.388. The van der Waals surface area contributed by atoms with Gasteiger partial charge in [-0.2, -0.15) is 0 Å². The second-order valence-electron chi connectivity index (χ2n) is 5.43. The Balaban J connectivity index is 1.70. The van der Waals surface area contributed by atoms with Crippen LogP contribution in [-0.4, -0.2) is 28.8 Å². The Hall–Kier alpha value is -1.39. The van der Waals surface area contributed by atoms with Gasteiger partial charge in [-0.1, -0.05) is 19.1 Å². The molecule has 0 bridgehead atoms. The van der Waals surface area contributed by atoms with Gasteiger partial charge in [-0.15, -0.1) is 0 Å². The van der Waals surface area contributed by atoms with Gasteiger partial charge in [-0.25, -0.2) is 4.98 Å². The van der Waals surface area contributed by atoms with E-state index in [1.54, 1.807) is 0 Å². The lowest BCUT2D eigenvalue weighted by Crippen LogP contribution is -2.27. The molecule has 1 aromatic carbocycles. The monoisotopic (exact) mass is 273 g/mol. The van der Waals surface area contributed by atoms with Gasteiger partial charge in [0.15, 0.2) is 0 Å². The number of rotatable bonds is 6. The fourth-order valence-corrected chi connectivity index (χ4v) is 2.88. The van der Waals surface area contributed by atoms with Gasteiger partial charge in [0.1, 0.15) is 5.82 Å². The maximum absolute atomic E-state index is 5.64. The maximum Gasteiger partial charge on any atom is 0.123 e. The molecule has 2 heterocycles. The number of imidazole rings is 1. The second-order valence-corrected chi connectivity index (χ2v) is 5.43. The van der Waals surface area contributed by atoms with E-state index in [9.17, 15) is 0 Å². The van der Waals surface area contributed by atoms with E-state index in [-0.39, 0.29) is 0 Å². The van der Waals surface area contributed by atoms with Crippen LogP contribution in [0, 0.1) is 0 Å². The summed E-state index contributed by atoms with van der Waals surface area (Å²) in [6.45, 7) is 5.89. The van der Waals surface area contributed by atoms with Gasteiger partial charge in [0.25, 0.3) is 0 Å². The number of nitrogens with one attached hydrogen (secondary N) is 1. The number of benzene rings is 1. The molecule has 1 aliphatic heterocycles. The molecule has 1 N–H and O–H groups in total. The van der Waals surface area contributed by atoms with Gasteiger partial charge in [-0.3, -0.25) is 0 Å². The van der Waals surface area contributed by atoms with Crippen LogP contribution in [0.25, 0.3) is 11.0 Å². The number of fused-ring (bicyclic) bond motifs is 1. The average molecular weight is 273 g/mol. The SMILES string of the molecule is CCCn1c(CNCC2CCCO2)nc2ccccc21. The lowest BCUT2D eigenvalue weighted by molar-refractivity contribution is 0.109. The molecule has 2 aromatic rings. The summed E-state index contributed by atoms with van der Waals surface area (Å²) >= 11 is 0. The van der Waals surface area contributed by atoms with Crippen LogP contribution in [0.1, 0.15) is 32.0 Å². The van der Waals surface area contributed by atoms with E-state index < -0.39 is 0 Å². The quantitative estimate of drug-likeness (QED) is 0.879. The minimum atomic E-state index is 0.388. The number of aryl methyl sites for hydroxylation is 1. The molecule has 1 aliphatic rings. The fourth-order valence-electron chi connectivity index (χ4n) is 2.88. The summed E-state index contributed by atoms with van der Waals surface area (Å²) in [6, 6.07) is 8.38. The van der Waals surface area contributed by atoms with Crippen LogP contribution < -0.4 is 5.32 Å². The molecule has 1 aromatic heterocycles. The van der Waals surface area contributed by atoms with E-state index in [0.717, 1.165) is 44.0 Å². The second kappa shape index (κ2) is 6.37. The Morgan fingerprint density at radius 1 is 1.40 bits per heavy atom. The highest BCUT2D eigenvalue weighted by Gasteiger charge is 2.15. The van der Waals surface area contributed by atoms with Gasteiger partial charge in [0.05, 0.1) is 23.7 Å². The maximum atomic E-state index is 5.64. The molecule has 1 saturated heterocycles. The van der Waals surface area contributed by atoms with Crippen molar-refractivity contribution >= 4 is 11.0 Å². The molecule has 0 spiro atoms. The molecule has 4 heteroatoms. The minimum Gasteiger partial charge on any atom is -0.377 e. The molecule has 4 nitrogen and oxygen atoms in total. The molecular formula is C16H23N3O. The lowest BCUT2D eigenvalue weighted by Gasteiger charge is -2.12. The van der Waals surface area contributed by atoms with Crippen LogP contribution in [0.5, 0.6) is 0 Å². The summed E-state index contributed by atoms with van der Waals surface area (Å²) in [5.74, 6) is 1.13. The predicted molar refractivity (Wildman–Crippen MR) is 80.7 cm³/mol. The van der Waals surface area contributed by atoms with Crippen molar-refractivity contribution in [3.63, 3.8) is 0 Å². The summed E-state index contributed by atoms with van der Waals surface area (Å²) in [7, 11) is 0. The Labute approximate surface area is 120 Å². The van der Waals surface area contributed by atoms with Crippen molar-refractivity contribution in [2.75, 3.05) is 13.2 Å². The van der Waals surface area contributed by atoms with Gasteiger partial charge >= 0.3 is 0 Å². The van der Waals surface area contributed by atoms with Gasteiger partial charge in [0, 0.05) is 19.7 Å². The number of nitrogens with zero attached hydrogens (tertiary/aromatic N) is 2. The molecule has 3 rings (SSSR count). The smallest absolute Gasteiger partial charge is 0.123 e. The molecular weight excluding hydrogens is 250 g/mol. The Bertz CT molecular complexity index is 558. The van der Waals surface area contributed by atoms with Gasteiger partial charge in [-0.05, 0) is 31.4 Å². The topological polar surface area (TPSA) is 39.1 Å². The molecule has 1 atom stereocenters. The van der Waals surface area contributed by atoms with E-state index in [1.807, 2.05) is 0 Å². The van der Waals surface area contributed by atoms with E-state index in [0.29, 0.717) is 6.10 Å². The summed E-state index contributed by atoms with van der Waals surface area (Å²) in [6.07, 6.45) is 3.89. The molecule has 1 unspecified atom stereocenters. The molecule has 0 amide bonds. The zero-order valence-electron chi connectivity index (χ0n) is 12.1. The van der Waals surface area contributed by atoms with Crippen molar-refractivity contribution in [1.82, 2.24) is 14.9 Å². The Kier molecular flexibility index (Phi) is 4.33. The number of aromatic nitrogens is 2. The van der Waals surface area contributed by atoms with Crippen LogP contribution in [0.15, 0.2) is 24.3 Å². The van der Waals surface area contributed by atoms with E-state index in [1.165, 1.54) is 18.4 Å². The summed E-state index contributed by atoms with van der Waals surface area (Å²) < 4.78 is 7.97. The molecule has 0 aliphatic carbocycles. The first-order valence-electron chi connectivity index (χ1n) is 7.65. The van der Waals surface area contributed by atoms with Crippen LogP contribution >= 0.6 is 0 Å². The zero-order chi connectivity index (χ0) is 13.8. The third-order valence-electron chi connectivity index (χ3n) is 3.86. The van der Waals surface area contributed by atoms with Crippen molar-refractivity contribution in [3.8, 4) is 0 Å². The zero-order valence-corrected chi connectivity index (χ0v) is 12.1. The highest BCUT2D eigenvalue weighted by molar-refractivity contribution is 5.75. The molecule has 20 heavy (non-hydrogen) atoms. The molecule has 108 valence electrons. The van der Waals surface area contributed by atoms with Crippen LogP contribution in [0.2, 0.25) is 0 Å². The van der Waals surface area contributed by atoms with Crippen molar-refractivity contribution < 1.29 is 4.74 Å². The lowest BCUT2D eigenvalue weighted by atomic mass is 10.2. The van der Waals surface area contributed by atoms with E-state index in [4.69, 9.17) is 9.72 Å². The van der Waals surface area contributed by atoms with Gasteiger partial charge < -0.3 is 14.6 Å². The highest BCUT2D eigenvalue weighted by Crippen LogP contribution is 2.17. The van der Waals surface area contributed by atoms with Crippen molar-refractivity contribution in [3.05, 3.63) is 30.1 Å². The largest absolute Gasteiger partial charge is 0.377 e. The van der Waals surface area contributed by atoms with Crippen LogP contribution in [-0.2, 0) is 17.8 Å². The molecule has 1 fully saturated rings. The number of para-hydroxylation sites is 2. The van der Waals surface area contributed by atoms with Crippen molar-refractivity contribution in [1.29, 1.82) is 0 Å². The number of hydrogen-bond donors (Lipinski definition) is 1. The van der Waals surface area contributed by atoms with Crippen LogP contribution in [0.4, 0.5) is 0 Å². The van der Waals surface area contributed by atoms with E-state index in [2.05, 4.69) is 41.1 Å². The third-order valence-corrected chi connectivity index (χ3v) is 3.86. The summed E-state index contributed by atoms with van der Waals surface area (Å²) in [5.41, 5.74) is 2.33. The number of ether oxygens (including phenoxy) is 1. The predicted octanol–water partition coefficient (Wildman–Crippen LogP) is 2.71. The first kappa shape index (κ1) is 13.6. The Morgan fingerprint density at radius 3 is 3.10 bits per heavy atom. The van der Waals surface area contributed by atoms with Crippen molar-refractivity contribution in [2.45, 2.75) is 45.4 Å². The summed E-state index contributed by atoms with van der Waals surface area (Å²) in [4.78, 5) is 4.76. The number of hydrogen-bond acceptors (Lipinski definition) is 3. The highest BCUT2D eigenvalue weighted by atomic mass is 16.5. The van der Waals surface area contributed by atoms with E-state index >= 15 is 0 Å². The first-order chi connectivity index (χ1) is 9.88. The Morgan fingerprint density at radius 2 is 2.30 bits per heavy atom. The van der Waals surface area contributed by atoms with Gasteiger partial charge in [0.2, 0.25) is 0 Å². The summed E-state index contributed by atoms with van der Waals surface area (Å²) in [5, 5.41) is 3.50. The molecule has 0 saturated carbocycles. The first-order valence-corrected chi connectivity index (χ1v) is 7.65. The normalized spacial score (nSPS) is 18.9. The standard InChI is InChI=1S/C16H23N3O/c1-2-9-19-15-8-4-3-7-14(15)18-16(19)12-17-11-13-6-5-10-20-13/h3-4,7-8,13,17H,2,5-6,9-12H2,1H3. The fraction of sp³-hybridized carbons (Fsp3) is 0.562.